The van der Waals surface area contributed by atoms with Crippen LogP contribution in [0.1, 0.15) is 11.6 Å². The van der Waals surface area contributed by atoms with E-state index in [4.69, 9.17) is 21.1 Å². The number of morpholine rings is 2. The smallest absolute Gasteiger partial charge is 0.254 e. The van der Waals surface area contributed by atoms with E-state index in [0.29, 0.717) is 31.3 Å². The SMILES string of the molecule is CN1C(=O)CO[C@H](C(=O)N2CCOCC2)[C@H]1c1ccc(Cl)cc1. The van der Waals surface area contributed by atoms with E-state index in [0.717, 1.165) is 5.56 Å². The summed E-state index contributed by atoms with van der Waals surface area (Å²) in [5.41, 5.74) is 0.830. The van der Waals surface area contributed by atoms with Crippen LogP contribution in [0.15, 0.2) is 24.3 Å². The van der Waals surface area contributed by atoms with Gasteiger partial charge in [0.25, 0.3) is 5.91 Å². The zero-order valence-corrected chi connectivity index (χ0v) is 13.7. The van der Waals surface area contributed by atoms with Gasteiger partial charge in [-0.05, 0) is 17.7 Å². The van der Waals surface area contributed by atoms with Crippen LogP contribution in [0.3, 0.4) is 0 Å². The van der Waals surface area contributed by atoms with Gasteiger partial charge in [0.1, 0.15) is 6.61 Å². The van der Waals surface area contributed by atoms with Gasteiger partial charge in [0.05, 0.1) is 19.3 Å². The molecular weight excluding hydrogens is 320 g/mol. The first-order chi connectivity index (χ1) is 11.1. The summed E-state index contributed by atoms with van der Waals surface area (Å²) in [6.45, 7) is 2.06. The van der Waals surface area contributed by atoms with Crippen LogP contribution in [0.4, 0.5) is 0 Å². The first kappa shape index (κ1) is 16.2. The number of amides is 2. The molecule has 0 aliphatic carbocycles. The van der Waals surface area contributed by atoms with Crippen molar-refractivity contribution in [3.8, 4) is 0 Å². The molecule has 2 atom stereocenters. The molecule has 0 radical (unpaired) electrons. The Kier molecular flexibility index (Phi) is 4.84. The van der Waals surface area contributed by atoms with Crippen molar-refractivity contribution in [1.82, 2.24) is 9.80 Å². The lowest BCUT2D eigenvalue weighted by Crippen LogP contribution is -2.55. The van der Waals surface area contributed by atoms with E-state index >= 15 is 0 Å². The predicted octanol–water partition coefficient (Wildman–Crippen LogP) is 1.10. The first-order valence-electron chi connectivity index (χ1n) is 7.57. The summed E-state index contributed by atoms with van der Waals surface area (Å²) < 4.78 is 10.9. The van der Waals surface area contributed by atoms with Crippen molar-refractivity contribution in [2.45, 2.75) is 12.1 Å². The molecule has 3 rings (SSSR count). The molecule has 0 aromatic heterocycles. The average Bonchev–Trinajstić information content (AvgIpc) is 2.58. The molecule has 23 heavy (non-hydrogen) atoms. The van der Waals surface area contributed by atoms with Gasteiger partial charge in [0, 0.05) is 25.2 Å². The molecule has 124 valence electrons. The van der Waals surface area contributed by atoms with Gasteiger partial charge in [-0.2, -0.15) is 0 Å². The quantitative estimate of drug-likeness (QED) is 0.810. The fourth-order valence-corrected chi connectivity index (χ4v) is 3.07. The lowest BCUT2D eigenvalue weighted by molar-refractivity contribution is -0.169. The topological polar surface area (TPSA) is 59.1 Å². The van der Waals surface area contributed by atoms with Gasteiger partial charge in [0.15, 0.2) is 6.10 Å². The number of halogens is 1. The third kappa shape index (κ3) is 3.34. The van der Waals surface area contributed by atoms with E-state index in [-0.39, 0.29) is 18.4 Å². The maximum atomic E-state index is 12.8. The van der Waals surface area contributed by atoms with Crippen LogP contribution in [0.5, 0.6) is 0 Å². The van der Waals surface area contributed by atoms with Crippen LogP contribution in [-0.2, 0) is 19.1 Å². The molecule has 2 aliphatic rings. The van der Waals surface area contributed by atoms with Crippen LogP contribution in [0, 0.1) is 0 Å². The van der Waals surface area contributed by atoms with E-state index in [1.54, 1.807) is 29.0 Å². The summed E-state index contributed by atoms with van der Waals surface area (Å²) in [5.74, 6) is -0.247. The lowest BCUT2D eigenvalue weighted by Gasteiger charge is -2.40. The Morgan fingerprint density at radius 3 is 2.52 bits per heavy atom. The van der Waals surface area contributed by atoms with Crippen molar-refractivity contribution >= 4 is 23.4 Å². The second-order valence-corrected chi connectivity index (χ2v) is 6.11. The van der Waals surface area contributed by atoms with Crippen molar-refractivity contribution in [1.29, 1.82) is 0 Å². The number of likely N-dealkylation sites (N-methyl/N-ethyl adjacent to an activating group) is 1. The summed E-state index contributed by atoms with van der Waals surface area (Å²) >= 11 is 5.94. The van der Waals surface area contributed by atoms with Crippen molar-refractivity contribution in [2.24, 2.45) is 0 Å². The molecule has 2 fully saturated rings. The second kappa shape index (κ2) is 6.86. The Balaban J connectivity index is 1.87. The van der Waals surface area contributed by atoms with Gasteiger partial charge in [-0.1, -0.05) is 23.7 Å². The Morgan fingerprint density at radius 1 is 1.22 bits per heavy atom. The molecular formula is C16H19ClN2O4. The first-order valence-corrected chi connectivity index (χ1v) is 7.95. The molecule has 1 aromatic rings. The second-order valence-electron chi connectivity index (χ2n) is 5.67. The number of hydrogen-bond donors (Lipinski definition) is 0. The summed E-state index contributed by atoms with van der Waals surface area (Å²) in [7, 11) is 1.70. The standard InChI is InChI=1S/C16H19ClN2O4/c1-18-13(20)10-23-15(16(21)19-6-8-22-9-7-19)14(18)11-2-4-12(17)5-3-11/h2-5,14-15H,6-10H2,1H3/t14-,15+/m1/s1. The molecule has 2 aliphatic heterocycles. The highest BCUT2D eigenvalue weighted by Crippen LogP contribution is 2.31. The van der Waals surface area contributed by atoms with Crippen LogP contribution < -0.4 is 0 Å². The third-order valence-electron chi connectivity index (χ3n) is 4.26. The van der Waals surface area contributed by atoms with E-state index in [9.17, 15) is 9.59 Å². The van der Waals surface area contributed by atoms with Crippen LogP contribution in [0.2, 0.25) is 5.02 Å². The maximum Gasteiger partial charge on any atom is 0.254 e. The maximum absolute atomic E-state index is 12.8. The molecule has 0 unspecified atom stereocenters. The number of nitrogens with zero attached hydrogens (tertiary/aromatic N) is 2. The van der Waals surface area contributed by atoms with Crippen LogP contribution in [0.25, 0.3) is 0 Å². The Labute approximate surface area is 139 Å². The molecule has 6 nitrogen and oxygen atoms in total. The highest BCUT2D eigenvalue weighted by Gasteiger charge is 2.41. The largest absolute Gasteiger partial charge is 0.378 e. The Morgan fingerprint density at radius 2 is 1.87 bits per heavy atom. The van der Waals surface area contributed by atoms with Gasteiger partial charge in [-0.3, -0.25) is 9.59 Å². The highest BCUT2D eigenvalue weighted by atomic mass is 35.5. The van der Waals surface area contributed by atoms with Gasteiger partial charge >= 0.3 is 0 Å². The highest BCUT2D eigenvalue weighted by molar-refractivity contribution is 6.30. The normalized spacial score (nSPS) is 25.6. The minimum Gasteiger partial charge on any atom is -0.378 e. The van der Waals surface area contributed by atoms with Crippen molar-refractivity contribution in [3.05, 3.63) is 34.9 Å². The number of carbonyl (C=O) groups is 2. The van der Waals surface area contributed by atoms with E-state index in [1.165, 1.54) is 0 Å². The Bertz CT molecular complexity index is 586. The Hall–Kier alpha value is -1.63. The third-order valence-corrected chi connectivity index (χ3v) is 4.51. The predicted molar refractivity (Wildman–Crippen MR) is 84.1 cm³/mol. The molecule has 2 heterocycles. The molecule has 2 amide bonds. The van der Waals surface area contributed by atoms with Gasteiger partial charge in [-0.25, -0.2) is 0 Å². The molecule has 0 N–H and O–H groups in total. The van der Waals surface area contributed by atoms with Gasteiger partial charge in [0.2, 0.25) is 5.91 Å². The fourth-order valence-electron chi connectivity index (χ4n) is 2.94. The van der Waals surface area contributed by atoms with Gasteiger partial charge in [-0.15, -0.1) is 0 Å². The molecule has 0 saturated carbocycles. The summed E-state index contributed by atoms with van der Waals surface area (Å²) in [6.07, 6.45) is -0.711. The zero-order chi connectivity index (χ0) is 16.4. The molecule has 2 saturated heterocycles. The molecule has 0 bridgehead atoms. The van der Waals surface area contributed by atoms with Crippen LogP contribution in [-0.4, -0.2) is 67.7 Å². The van der Waals surface area contributed by atoms with Gasteiger partial charge < -0.3 is 19.3 Å². The van der Waals surface area contributed by atoms with Crippen molar-refractivity contribution in [2.75, 3.05) is 40.0 Å². The fraction of sp³-hybridized carbons (Fsp3) is 0.500. The minimum atomic E-state index is -0.711. The van der Waals surface area contributed by atoms with Crippen molar-refractivity contribution < 1.29 is 19.1 Å². The van der Waals surface area contributed by atoms with Crippen molar-refractivity contribution in [3.63, 3.8) is 0 Å². The number of rotatable bonds is 2. The van der Waals surface area contributed by atoms with Crippen LogP contribution >= 0.6 is 11.6 Å². The zero-order valence-electron chi connectivity index (χ0n) is 12.9. The molecule has 0 spiro atoms. The number of benzene rings is 1. The van der Waals surface area contributed by atoms with E-state index < -0.39 is 12.1 Å². The molecule has 7 heteroatoms. The van der Waals surface area contributed by atoms with E-state index in [2.05, 4.69) is 0 Å². The summed E-state index contributed by atoms with van der Waals surface area (Å²) in [6, 6.07) is 6.69. The average molecular weight is 339 g/mol. The summed E-state index contributed by atoms with van der Waals surface area (Å²) in [4.78, 5) is 28.2. The lowest BCUT2D eigenvalue weighted by atomic mass is 9.97. The number of carbonyl (C=O) groups excluding carboxylic acids is 2. The number of hydrogen-bond acceptors (Lipinski definition) is 4. The minimum absolute atomic E-state index is 0.0820. The molecule has 1 aromatic carbocycles. The van der Waals surface area contributed by atoms with E-state index in [1.807, 2.05) is 12.1 Å². The number of ether oxygens (including phenoxy) is 2. The summed E-state index contributed by atoms with van der Waals surface area (Å²) in [5, 5.41) is 0.607. The monoisotopic (exact) mass is 338 g/mol.